The number of rotatable bonds is 6. The summed E-state index contributed by atoms with van der Waals surface area (Å²) >= 11 is 0. The summed E-state index contributed by atoms with van der Waals surface area (Å²) in [7, 11) is 0. The second-order valence-electron chi connectivity index (χ2n) is 9.09. The highest BCUT2D eigenvalue weighted by Gasteiger charge is 2.51. The molecule has 4 fully saturated rings. The maximum atomic E-state index is 11.9. The highest BCUT2D eigenvalue weighted by Crippen LogP contribution is 2.60. The Kier molecular flexibility index (Phi) is 4.82. The molecule has 1 heterocycles. The molecule has 0 spiro atoms. The van der Waals surface area contributed by atoms with E-state index in [2.05, 4.69) is 27.6 Å². The second kappa shape index (κ2) is 7.62. The Hall–Kier alpha value is -2.69. The van der Waals surface area contributed by atoms with Gasteiger partial charge in [0.05, 0.1) is 6.21 Å². The Morgan fingerprint density at radius 3 is 2.41 bits per heavy atom. The summed E-state index contributed by atoms with van der Waals surface area (Å²) in [6.07, 6.45) is 13.4. The molecule has 4 aliphatic carbocycles. The Morgan fingerprint density at radius 2 is 1.79 bits per heavy atom. The number of ether oxygens (including phenoxy) is 1. The standard InChI is InChI=1S/C24H27N3O2/c28-23(27-26-15-17-2-1-7-25-14-17)16-29-22-5-3-21(4-6-22)24-11-18-8-19(12-24)10-20(9-18)13-24/h1-7,14-15,18-20H,8-13,16H2,(H,27,28). The van der Waals surface area contributed by atoms with Gasteiger partial charge in [0.15, 0.2) is 6.61 Å². The van der Waals surface area contributed by atoms with Gasteiger partial charge in [-0.05, 0) is 85.5 Å². The molecule has 150 valence electrons. The van der Waals surface area contributed by atoms with E-state index in [4.69, 9.17) is 4.74 Å². The molecular weight excluding hydrogens is 362 g/mol. The molecule has 29 heavy (non-hydrogen) atoms. The Labute approximate surface area is 171 Å². The van der Waals surface area contributed by atoms with Crippen molar-refractivity contribution in [3.63, 3.8) is 0 Å². The summed E-state index contributed by atoms with van der Waals surface area (Å²) in [5.74, 6) is 3.26. The van der Waals surface area contributed by atoms with Crippen LogP contribution in [-0.4, -0.2) is 23.7 Å². The Balaban J connectivity index is 1.15. The third kappa shape index (κ3) is 3.91. The van der Waals surface area contributed by atoms with E-state index in [9.17, 15) is 4.79 Å². The van der Waals surface area contributed by atoms with Gasteiger partial charge >= 0.3 is 0 Å². The quantitative estimate of drug-likeness (QED) is 0.598. The van der Waals surface area contributed by atoms with Crippen molar-refractivity contribution in [1.82, 2.24) is 10.4 Å². The van der Waals surface area contributed by atoms with Crippen LogP contribution in [0.4, 0.5) is 0 Å². The van der Waals surface area contributed by atoms with Gasteiger partial charge in [0.1, 0.15) is 5.75 Å². The van der Waals surface area contributed by atoms with Gasteiger partial charge < -0.3 is 4.74 Å². The fourth-order valence-electron chi connectivity index (χ4n) is 6.18. The molecule has 4 saturated carbocycles. The van der Waals surface area contributed by atoms with Gasteiger partial charge in [-0.3, -0.25) is 9.78 Å². The summed E-state index contributed by atoms with van der Waals surface area (Å²) < 4.78 is 5.65. The Bertz CT molecular complexity index is 857. The average molecular weight is 389 g/mol. The van der Waals surface area contributed by atoms with Crippen molar-refractivity contribution in [2.24, 2.45) is 22.9 Å². The molecule has 0 aliphatic heterocycles. The van der Waals surface area contributed by atoms with Crippen LogP contribution in [0.25, 0.3) is 0 Å². The number of benzene rings is 1. The molecule has 0 radical (unpaired) electrons. The highest BCUT2D eigenvalue weighted by molar-refractivity contribution is 5.82. The van der Waals surface area contributed by atoms with Crippen molar-refractivity contribution in [3.8, 4) is 5.75 Å². The van der Waals surface area contributed by atoms with Crippen molar-refractivity contribution in [3.05, 3.63) is 59.9 Å². The summed E-state index contributed by atoms with van der Waals surface area (Å²) in [6.45, 7) is -0.0545. The van der Waals surface area contributed by atoms with Gasteiger partial charge in [-0.2, -0.15) is 5.10 Å². The van der Waals surface area contributed by atoms with Crippen LogP contribution in [0.2, 0.25) is 0 Å². The first kappa shape index (κ1) is 18.3. The minimum absolute atomic E-state index is 0.0545. The van der Waals surface area contributed by atoms with Crippen LogP contribution >= 0.6 is 0 Å². The summed E-state index contributed by atoms with van der Waals surface area (Å²) in [5, 5.41) is 3.93. The lowest BCUT2D eigenvalue weighted by Gasteiger charge is -2.57. The lowest BCUT2D eigenvalue weighted by atomic mass is 9.48. The fraction of sp³-hybridized carbons (Fsp3) is 0.458. The molecule has 1 N–H and O–H groups in total. The minimum atomic E-state index is -0.282. The van der Waals surface area contributed by atoms with Crippen LogP contribution in [0.15, 0.2) is 53.9 Å². The van der Waals surface area contributed by atoms with E-state index >= 15 is 0 Å². The molecule has 1 aromatic carbocycles. The highest BCUT2D eigenvalue weighted by atomic mass is 16.5. The smallest absolute Gasteiger partial charge is 0.277 e. The van der Waals surface area contributed by atoms with Crippen LogP contribution in [0.1, 0.15) is 49.7 Å². The van der Waals surface area contributed by atoms with Gasteiger partial charge in [0.2, 0.25) is 0 Å². The first-order valence-corrected chi connectivity index (χ1v) is 10.6. The number of nitrogens with one attached hydrogen (secondary N) is 1. The summed E-state index contributed by atoms with van der Waals surface area (Å²) in [6, 6.07) is 12.2. The van der Waals surface area contributed by atoms with E-state index in [-0.39, 0.29) is 12.5 Å². The fourth-order valence-corrected chi connectivity index (χ4v) is 6.18. The zero-order chi connectivity index (χ0) is 19.7. The van der Waals surface area contributed by atoms with E-state index in [1.165, 1.54) is 44.1 Å². The average Bonchev–Trinajstić information content (AvgIpc) is 2.72. The molecule has 4 aliphatic rings. The van der Waals surface area contributed by atoms with Crippen molar-refractivity contribution < 1.29 is 9.53 Å². The molecule has 0 unspecified atom stereocenters. The van der Waals surface area contributed by atoms with Gasteiger partial charge in [0.25, 0.3) is 5.91 Å². The number of amides is 1. The number of hydrogen-bond acceptors (Lipinski definition) is 4. The molecule has 2 aromatic rings. The number of hydrazone groups is 1. The van der Waals surface area contributed by atoms with Crippen LogP contribution in [-0.2, 0) is 10.2 Å². The third-order valence-corrected chi connectivity index (χ3v) is 6.96. The maximum Gasteiger partial charge on any atom is 0.277 e. The van der Waals surface area contributed by atoms with E-state index in [0.717, 1.165) is 29.1 Å². The first-order valence-electron chi connectivity index (χ1n) is 10.6. The molecule has 6 rings (SSSR count). The van der Waals surface area contributed by atoms with E-state index < -0.39 is 0 Å². The van der Waals surface area contributed by atoms with Gasteiger partial charge in [0, 0.05) is 18.0 Å². The second-order valence-corrected chi connectivity index (χ2v) is 9.09. The summed E-state index contributed by atoms with van der Waals surface area (Å²) in [5.41, 5.74) is 5.17. The molecule has 5 nitrogen and oxygen atoms in total. The van der Waals surface area contributed by atoms with Crippen molar-refractivity contribution in [1.29, 1.82) is 0 Å². The monoisotopic (exact) mass is 389 g/mol. The normalized spacial score (nSPS) is 29.9. The summed E-state index contributed by atoms with van der Waals surface area (Å²) in [4.78, 5) is 15.9. The van der Waals surface area contributed by atoms with Gasteiger partial charge in [-0.1, -0.05) is 18.2 Å². The SMILES string of the molecule is O=C(COc1ccc(C23CC4CC(CC(C4)C2)C3)cc1)NN=Cc1cccnc1. The molecular formula is C24H27N3O2. The zero-order valence-corrected chi connectivity index (χ0v) is 16.6. The van der Waals surface area contributed by atoms with Crippen molar-refractivity contribution in [2.75, 3.05) is 6.61 Å². The van der Waals surface area contributed by atoms with E-state index in [1.807, 2.05) is 24.3 Å². The maximum absolute atomic E-state index is 11.9. The van der Waals surface area contributed by atoms with Crippen LogP contribution in [0, 0.1) is 17.8 Å². The van der Waals surface area contributed by atoms with Crippen LogP contribution in [0.3, 0.4) is 0 Å². The van der Waals surface area contributed by atoms with E-state index in [1.54, 1.807) is 18.6 Å². The van der Waals surface area contributed by atoms with Crippen LogP contribution < -0.4 is 10.2 Å². The lowest BCUT2D eigenvalue weighted by molar-refractivity contribution is -0.123. The number of pyridine rings is 1. The largest absolute Gasteiger partial charge is 0.484 e. The van der Waals surface area contributed by atoms with Gasteiger partial charge in [-0.15, -0.1) is 0 Å². The predicted molar refractivity (Wildman–Crippen MR) is 112 cm³/mol. The Morgan fingerprint density at radius 1 is 1.10 bits per heavy atom. The number of nitrogens with zero attached hydrogens (tertiary/aromatic N) is 2. The molecule has 1 amide bonds. The number of aromatic nitrogens is 1. The zero-order valence-electron chi connectivity index (χ0n) is 16.6. The van der Waals surface area contributed by atoms with Crippen LogP contribution in [0.5, 0.6) is 5.75 Å². The predicted octanol–water partition coefficient (Wildman–Crippen LogP) is 4.08. The molecule has 0 atom stereocenters. The third-order valence-electron chi connectivity index (χ3n) is 6.96. The number of carbonyl (C=O) groups is 1. The van der Waals surface area contributed by atoms with E-state index in [0.29, 0.717) is 5.41 Å². The first-order chi connectivity index (χ1) is 14.2. The molecule has 0 saturated heterocycles. The topological polar surface area (TPSA) is 63.6 Å². The minimum Gasteiger partial charge on any atom is -0.484 e. The van der Waals surface area contributed by atoms with Crippen molar-refractivity contribution in [2.45, 2.75) is 43.9 Å². The number of carbonyl (C=O) groups excluding carboxylic acids is 1. The molecule has 1 aromatic heterocycles. The van der Waals surface area contributed by atoms with Crippen molar-refractivity contribution >= 4 is 12.1 Å². The molecule has 4 bridgehead atoms. The van der Waals surface area contributed by atoms with Gasteiger partial charge in [-0.25, -0.2) is 5.43 Å². The lowest BCUT2D eigenvalue weighted by Crippen LogP contribution is -2.48. The molecule has 5 heteroatoms. The number of hydrogen-bond donors (Lipinski definition) is 1.